The molecule has 24 heavy (non-hydrogen) atoms. The second-order valence-electron chi connectivity index (χ2n) is 5.34. The number of hydrogen-bond acceptors (Lipinski definition) is 8. The minimum Gasteiger partial charge on any atom is -0.378 e. The summed E-state index contributed by atoms with van der Waals surface area (Å²) in [5.41, 5.74) is 0. The Morgan fingerprint density at radius 3 is 1.62 bits per heavy atom. The molecule has 1 heterocycles. The van der Waals surface area contributed by atoms with Crippen LogP contribution in [0.2, 0.25) is 0 Å². The van der Waals surface area contributed by atoms with E-state index in [1.165, 1.54) is 14.2 Å². The molecule has 1 aliphatic rings. The molecule has 0 aromatic carbocycles. The van der Waals surface area contributed by atoms with E-state index in [2.05, 4.69) is 4.90 Å². The zero-order valence-corrected chi connectivity index (χ0v) is 15.8. The molecule has 8 nitrogen and oxygen atoms in total. The quantitative estimate of drug-likeness (QED) is 0.648. The maximum Gasteiger partial charge on any atom is 0.330 e. The van der Waals surface area contributed by atoms with Crippen LogP contribution in [0.15, 0.2) is 0 Å². The van der Waals surface area contributed by atoms with Crippen LogP contribution in [0.3, 0.4) is 0 Å². The van der Waals surface area contributed by atoms with Gasteiger partial charge in [-0.05, 0) is 13.0 Å². The van der Waals surface area contributed by atoms with Crippen LogP contribution in [-0.2, 0) is 32.6 Å². The molecular weight excluding hydrogens is 337 g/mol. The van der Waals surface area contributed by atoms with Gasteiger partial charge >= 0.3 is 7.60 Å². The zero-order valence-electron chi connectivity index (χ0n) is 14.9. The van der Waals surface area contributed by atoms with Crippen LogP contribution >= 0.6 is 7.60 Å². The van der Waals surface area contributed by atoms with Gasteiger partial charge in [0.25, 0.3) is 0 Å². The summed E-state index contributed by atoms with van der Waals surface area (Å²) >= 11 is 0. The topological polar surface area (TPSA) is 75.7 Å². The van der Waals surface area contributed by atoms with Gasteiger partial charge in [0.1, 0.15) is 0 Å². The lowest BCUT2D eigenvalue weighted by molar-refractivity contribution is 0.00206. The van der Waals surface area contributed by atoms with Gasteiger partial charge < -0.3 is 28.0 Å². The fourth-order valence-electron chi connectivity index (χ4n) is 2.23. The highest BCUT2D eigenvalue weighted by atomic mass is 31.2. The van der Waals surface area contributed by atoms with Crippen molar-refractivity contribution < 1.29 is 32.6 Å². The van der Waals surface area contributed by atoms with Gasteiger partial charge in [0.2, 0.25) is 0 Å². The van der Waals surface area contributed by atoms with Crippen molar-refractivity contribution in [2.24, 2.45) is 0 Å². The van der Waals surface area contributed by atoms with Crippen LogP contribution in [0.1, 0.15) is 6.42 Å². The second-order valence-corrected chi connectivity index (χ2v) is 7.74. The molecule has 144 valence electrons. The highest BCUT2D eigenvalue weighted by Gasteiger charge is 2.20. The maximum absolute atomic E-state index is 12.1. The smallest absolute Gasteiger partial charge is 0.330 e. The Morgan fingerprint density at radius 1 is 0.792 bits per heavy atom. The third-order valence-electron chi connectivity index (χ3n) is 3.68. The SMILES string of the molecule is COP(=O)(CCCN1CCOCCOCCOCCOCC1)OC. The predicted molar refractivity (Wildman–Crippen MR) is 90.8 cm³/mol. The van der Waals surface area contributed by atoms with Gasteiger partial charge in [0, 0.05) is 27.3 Å². The first-order valence-electron chi connectivity index (χ1n) is 8.44. The standard InChI is InChI=1S/C15H32NO7P/c1-18-24(17,19-2)15-3-4-16-5-7-20-9-11-22-13-14-23-12-10-21-8-6-16/h3-15H2,1-2H3. The summed E-state index contributed by atoms with van der Waals surface area (Å²) in [5.74, 6) is 0. The van der Waals surface area contributed by atoms with E-state index < -0.39 is 7.60 Å². The lowest BCUT2D eigenvalue weighted by atomic mass is 10.4. The number of nitrogens with zero attached hydrogens (tertiary/aromatic N) is 1. The van der Waals surface area contributed by atoms with Crippen molar-refractivity contribution in [3.05, 3.63) is 0 Å². The Labute approximate surface area is 145 Å². The molecule has 0 unspecified atom stereocenters. The van der Waals surface area contributed by atoms with Crippen LogP contribution in [-0.4, -0.2) is 97.8 Å². The Bertz CT molecular complexity index is 322. The van der Waals surface area contributed by atoms with Gasteiger partial charge in [0.05, 0.1) is 59.0 Å². The molecule has 0 atom stereocenters. The van der Waals surface area contributed by atoms with Gasteiger partial charge in [-0.3, -0.25) is 9.46 Å². The second kappa shape index (κ2) is 14.2. The average molecular weight is 369 g/mol. The van der Waals surface area contributed by atoms with E-state index in [-0.39, 0.29) is 0 Å². The number of rotatable bonds is 6. The number of hydrogen-bond donors (Lipinski definition) is 0. The minimum atomic E-state index is -2.93. The maximum atomic E-state index is 12.1. The predicted octanol–water partition coefficient (Wildman–Crippen LogP) is 1.24. The van der Waals surface area contributed by atoms with Crippen molar-refractivity contribution in [2.45, 2.75) is 6.42 Å². The molecule has 0 radical (unpaired) electrons. The molecule has 0 saturated carbocycles. The molecule has 9 heteroatoms. The Balaban J connectivity index is 2.33. The first-order valence-corrected chi connectivity index (χ1v) is 10.2. The van der Waals surface area contributed by atoms with Crippen molar-refractivity contribution >= 4 is 7.60 Å². The lowest BCUT2D eigenvalue weighted by Gasteiger charge is -2.23. The third-order valence-corrected chi connectivity index (χ3v) is 5.66. The van der Waals surface area contributed by atoms with Gasteiger partial charge in [0.15, 0.2) is 0 Å². The monoisotopic (exact) mass is 369 g/mol. The van der Waals surface area contributed by atoms with E-state index in [0.29, 0.717) is 59.0 Å². The molecular formula is C15H32NO7P. The molecule has 0 aromatic heterocycles. The first kappa shape index (κ1) is 22.0. The molecule has 0 amide bonds. The van der Waals surface area contributed by atoms with Gasteiger partial charge in [-0.15, -0.1) is 0 Å². The van der Waals surface area contributed by atoms with Gasteiger partial charge in [-0.25, -0.2) is 0 Å². The van der Waals surface area contributed by atoms with Gasteiger partial charge in [-0.1, -0.05) is 0 Å². The highest BCUT2D eigenvalue weighted by molar-refractivity contribution is 7.53. The fraction of sp³-hybridized carbons (Fsp3) is 1.00. The normalized spacial score (nSPS) is 21.1. The summed E-state index contributed by atoms with van der Waals surface area (Å²) in [7, 11) is -0.0997. The largest absolute Gasteiger partial charge is 0.378 e. The molecule has 0 aliphatic carbocycles. The van der Waals surface area contributed by atoms with Crippen LogP contribution < -0.4 is 0 Å². The average Bonchev–Trinajstić information content (AvgIpc) is 2.61. The molecule has 1 saturated heterocycles. The molecule has 0 N–H and O–H groups in total. The van der Waals surface area contributed by atoms with Crippen molar-refractivity contribution in [1.82, 2.24) is 4.90 Å². The highest BCUT2D eigenvalue weighted by Crippen LogP contribution is 2.46. The Morgan fingerprint density at radius 2 is 1.21 bits per heavy atom. The van der Waals surface area contributed by atoms with Crippen LogP contribution in [0.25, 0.3) is 0 Å². The molecule has 0 spiro atoms. The van der Waals surface area contributed by atoms with E-state index in [9.17, 15) is 4.57 Å². The van der Waals surface area contributed by atoms with Crippen LogP contribution in [0.4, 0.5) is 0 Å². The molecule has 1 aliphatic heterocycles. The Kier molecular flexibility index (Phi) is 13.0. The minimum absolute atomic E-state index is 0.403. The van der Waals surface area contributed by atoms with E-state index in [1.54, 1.807) is 0 Å². The van der Waals surface area contributed by atoms with E-state index in [4.69, 9.17) is 28.0 Å². The molecule has 0 aromatic rings. The summed E-state index contributed by atoms with van der Waals surface area (Å²) in [4.78, 5) is 2.23. The first-order chi connectivity index (χ1) is 11.7. The van der Waals surface area contributed by atoms with E-state index in [1.807, 2.05) is 0 Å². The van der Waals surface area contributed by atoms with Gasteiger partial charge in [-0.2, -0.15) is 0 Å². The Hall–Kier alpha value is -0.0500. The third kappa shape index (κ3) is 10.7. The van der Waals surface area contributed by atoms with Crippen molar-refractivity contribution in [3.63, 3.8) is 0 Å². The van der Waals surface area contributed by atoms with E-state index in [0.717, 1.165) is 26.1 Å². The van der Waals surface area contributed by atoms with Crippen LogP contribution in [0.5, 0.6) is 0 Å². The van der Waals surface area contributed by atoms with Crippen molar-refractivity contribution in [3.8, 4) is 0 Å². The summed E-state index contributed by atoms with van der Waals surface area (Å²) in [5, 5.41) is 0. The summed E-state index contributed by atoms with van der Waals surface area (Å²) in [6.07, 6.45) is 1.13. The molecule has 0 bridgehead atoms. The molecule has 1 fully saturated rings. The van der Waals surface area contributed by atoms with Crippen LogP contribution in [0, 0.1) is 0 Å². The molecule has 1 rings (SSSR count). The number of ether oxygens (including phenoxy) is 4. The van der Waals surface area contributed by atoms with Crippen molar-refractivity contribution in [2.75, 3.05) is 92.9 Å². The summed E-state index contributed by atoms with van der Waals surface area (Å²) in [6, 6.07) is 0. The summed E-state index contributed by atoms with van der Waals surface area (Å²) < 4.78 is 43.9. The lowest BCUT2D eigenvalue weighted by Crippen LogP contribution is -2.33. The van der Waals surface area contributed by atoms with E-state index >= 15 is 0 Å². The zero-order chi connectivity index (χ0) is 17.5. The summed E-state index contributed by atoms with van der Waals surface area (Å²) in [6.45, 7) is 7.10. The van der Waals surface area contributed by atoms with Crippen molar-refractivity contribution in [1.29, 1.82) is 0 Å². The fourth-order valence-corrected chi connectivity index (χ4v) is 3.27.